The Morgan fingerprint density at radius 2 is 2.08 bits per heavy atom. The van der Waals surface area contributed by atoms with Gasteiger partial charge in [-0.25, -0.2) is 23.7 Å². The predicted molar refractivity (Wildman–Crippen MR) is 141 cm³/mol. The summed E-state index contributed by atoms with van der Waals surface area (Å²) in [7, 11) is 0. The number of pyridine rings is 1. The maximum atomic E-state index is 13.7. The van der Waals surface area contributed by atoms with Gasteiger partial charge < -0.3 is 19.9 Å². The van der Waals surface area contributed by atoms with Crippen molar-refractivity contribution in [2.24, 2.45) is 15.7 Å². The van der Waals surface area contributed by atoms with E-state index in [1.807, 2.05) is 24.5 Å². The molecule has 1 aliphatic rings. The summed E-state index contributed by atoms with van der Waals surface area (Å²) in [6.07, 6.45) is 2.32. The molecule has 0 radical (unpaired) electrons. The summed E-state index contributed by atoms with van der Waals surface area (Å²) in [6, 6.07) is 7.16. The van der Waals surface area contributed by atoms with Crippen LogP contribution in [-0.2, 0) is 19.5 Å². The average molecular weight is 535 g/mol. The fourth-order valence-corrected chi connectivity index (χ4v) is 4.34. The lowest BCUT2D eigenvalue weighted by Gasteiger charge is -2.30. The van der Waals surface area contributed by atoms with Crippen LogP contribution in [0.1, 0.15) is 52.4 Å². The number of hydrogen-bond donors (Lipinski definition) is 1. The number of nitrogens with two attached hydrogens (primary N) is 1. The molecule has 2 N–H and O–H groups in total. The van der Waals surface area contributed by atoms with Crippen LogP contribution in [-0.4, -0.2) is 56.6 Å². The van der Waals surface area contributed by atoms with Gasteiger partial charge in [-0.05, 0) is 50.5 Å². The quantitative estimate of drug-likeness (QED) is 0.345. The molecule has 3 aromatic rings. The zero-order valence-corrected chi connectivity index (χ0v) is 21.9. The van der Waals surface area contributed by atoms with Crippen LogP contribution in [0.2, 0.25) is 0 Å². The van der Waals surface area contributed by atoms with E-state index in [1.54, 1.807) is 35.5 Å². The van der Waals surface area contributed by atoms with Gasteiger partial charge in [-0.1, -0.05) is 0 Å². The molecule has 0 bridgehead atoms. The second-order valence-electron chi connectivity index (χ2n) is 8.96. The highest BCUT2D eigenvalue weighted by Crippen LogP contribution is 2.32. The minimum absolute atomic E-state index is 0.0447. The number of amidine groups is 2. The Labute approximate surface area is 224 Å². The van der Waals surface area contributed by atoms with Crippen molar-refractivity contribution in [1.82, 2.24) is 19.4 Å². The first-order valence-corrected chi connectivity index (χ1v) is 12.3. The summed E-state index contributed by atoms with van der Waals surface area (Å²) < 4.78 is 34.9. The number of ether oxygens (including phenoxy) is 1. The number of aliphatic imine (C=N–C) groups is 2. The van der Waals surface area contributed by atoms with Gasteiger partial charge in [0.1, 0.15) is 23.2 Å². The van der Waals surface area contributed by atoms with Crippen LogP contribution in [0.25, 0.3) is 0 Å². The Bertz CT molecular complexity index is 1490. The van der Waals surface area contributed by atoms with E-state index in [9.17, 15) is 18.8 Å². The Balaban J connectivity index is 1.74. The third kappa shape index (κ3) is 6.26. The maximum Gasteiger partial charge on any atom is 0.297 e. The molecule has 202 valence electrons. The van der Waals surface area contributed by atoms with Crippen LogP contribution in [0, 0.1) is 18.3 Å². The van der Waals surface area contributed by atoms with E-state index in [2.05, 4.69) is 20.0 Å². The zero-order chi connectivity index (χ0) is 28.1. The van der Waals surface area contributed by atoms with E-state index >= 15 is 0 Å². The Kier molecular flexibility index (Phi) is 8.29. The highest BCUT2D eigenvalue weighted by atomic mass is 19.3. The molecule has 0 aliphatic carbocycles. The summed E-state index contributed by atoms with van der Waals surface area (Å²) in [4.78, 5) is 31.7. The molecule has 4 rings (SSSR count). The van der Waals surface area contributed by atoms with E-state index in [0.29, 0.717) is 59.8 Å². The summed E-state index contributed by atoms with van der Waals surface area (Å²) in [5, 5.41) is 9.30. The number of carbonyl (C=O) groups excluding carboxylic acids is 1. The molecule has 0 spiro atoms. The van der Waals surface area contributed by atoms with E-state index < -0.39 is 12.3 Å². The summed E-state index contributed by atoms with van der Waals surface area (Å²) >= 11 is 0. The third-order valence-corrected chi connectivity index (χ3v) is 6.13. The van der Waals surface area contributed by atoms with Gasteiger partial charge in [0.05, 0.1) is 30.4 Å². The second kappa shape index (κ2) is 11.8. The monoisotopic (exact) mass is 534 g/mol. The van der Waals surface area contributed by atoms with E-state index in [0.717, 1.165) is 5.82 Å². The zero-order valence-electron chi connectivity index (χ0n) is 21.9. The maximum absolute atomic E-state index is 13.7. The molecule has 3 heterocycles. The largest absolute Gasteiger partial charge is 0.492 e. The third-order valence-electron chi connectivity index (χ3n) is 6.13. The SMILES string of the molecule is CCOc1cc(CN2CCc3c(N=C(N=C(C)N)C(F)F)cc(Cn4ccnc4C)cc3C2=O)ncc1C#N. The van der Waals surface area contributed by atoms with E-state index in [-0.39, 0.29) is 24.0 Å². The van der Waals surface area contributed by atoms with Crippen LogP contribution >= 0.6 is 0 Å². The van der Waals surface area contributed by atoms with Gasteiger partial charge in [-0.15, -0.1) is 0 Å². The number of alkyl halides is 2. The van der Waals surface area contributed by atoms with Crippen molar-refractivity contribution in [1.29, 1.82) is 5.26 Å². The number of nitrogens with zero attached hydrogens (tertiary/aromatic N) is 7. The van der Waals surface area contributed by atoms with Crippen molar-refractivity contribution >= 4 is 23.3 Å². The van der Waals surface area contributed by atoms with Crippen molar-refractivity contribution < 1.29 is 18.3 Å². The van der Waals surface area contributed by atoms with Gasteiger partial charge in [0.25, 0.3) is 12.3 Å². The fourth-order valence-electron chi connectivity index (χ4n) is 4.34. The average Bonchev–Trinajstić information content (AvgIpc) is 3.29. The van der Waals surface area contributed by atoms with Crippen LogP contribution < -0.4 is 10.5 Å². The lowest BCUT2D eigenvalue weighted by molar-refractivity contribution is 0.0724. The molecule has 0 saturated heterocycles. The number of benzene rings is 1. The number of halogens is 2. The molecular weight excluding hydrogens is 506 g/mol. The van der Waals surface area contributed by atoms with Crippen molar-refractivity contribution in [3.8, 4) is 11.8 Å². The number of nitriles is 1. The number of carbonyl (C=O) groups is 1. The molecule has 0 unspecified atom stereocenters. The topological polar surface area (TPSA) is 135 Å². The Morgan fingerprint density at radius 1 is 1.28 bits per heavy atom. The standard InChI is InChI=1S/C27H28F2N8O2/c1-4-39-24-11-20(33-13-19(24)12-30)15-37-7-5-21-22(27(37)38)9-18(14-36-8-6-32-17(36)3)10-23(21)35-26(25(28)29)34-16(2)31/h6,8-11,13,25H,4-5,7,14-15H2,1-3H3,(H2,31,34,35). The molecule has 1 aliphatic heterocycles. The molecule has 1 amide bonds. The number of aromatic nitrogens is 3. The van der Waals surface area contributed by atoms with Crippen LogP contribution in [0.3, 0.4) is 0 Å². The number of aryl methyl sites for hydroxylation is 1. The molecular formula is C27H28F2N8O2. The number of rotatable bonds is 8. The molecule has 12 heteroatoms. The minimum atomic E-state index is -2.95. The molecule has 1 aromatic carbocycles. The fraction of sp³-hybridized carbons (Fsp3) is 0.333. The van der Waals surface area contributed by atoms with Gasteiger partial charge >= 0.3 is 0 Å². The molecule has 0 fully saturated rings. The smallest absolute Gasteiger partial charge is 0.297 e. The summed E-state index contributed by atoms with van der Waals surface area (Å²) in [6.45, 7) is 6.32. The Morgan fingerprint density at radius 3 is 2.72 bits per heavy atom. The number of amides is 1. The molecule has 2 aromatic heterocycles. The van der Waals surface area contributed by atoms with Crippen LogP contribution in [0.4, 0.5) is 14.5 Å². The normalized spacial score (nSPS) is 14.0. The predicted octanol–water partition coefficient (Wildman–Crippen LogP) is 3.78. The molecule has 0 saturated carbocycles. The van der Waals surface area contributed by atoms with Gasteiger partial charge in [0.15, 0.2) is 5.84 Å². The highest BCUT2D eigenvalue weighted by molar-refractivity contribution is 6.01. The van der Waals surface area contributed by atoms with Crippen LogP contribution in [0.15, 0.2) is 46.8 Å². The first kappa shape index (κ1) is 27.4. The molecule has 39 heavy (non-hydrogen) atoms. The second-order valence-corrected chi connectivity index (χ2v) is 8.96. The van der Waals surface area contributed by atoms with Crippen molar-refractivity contribution in [3.63, 3.8) is 0 Å². The first-order chi connectivity index (χ1) is 18.7. The molecule has 0 atom stereocenters. The lowest BCUT2D eigenvalue weighted by atomic mass is 9.94. The van der Waals surface area contributed by atoms with Crippen molar-refractivity contribution in [3.05, 3.63) is 70.6 Å². The number of fused-ring (bicyclic) bond motifs is 1. The number of imidazole rings is 1. The summed E-state index contributed by atoms with van der Waals surface area (Å²) in [5.41, 5.74) is 8.31. The van der Waals surface area contributed by atoms with Gasteiger partial charge in [0, 0.05) is 43.3 Å². The van der Waals surface area contributed by atoms with Crippen LogP contribution in [0.5, 0.6) is 5.75 Å². The Hall–Kier alpha value is -4.66. The van der Waals surface area contributed by atoms with Gasteiger partial charge in [-0.2, -0.15) is 5.26 Å². The number of hydrogen-bond acceptors (Lipinski definition) is 6. The summed E-state index contributed by atoms with van der Waals surface area (Å²) in [5.74, 6) is 0.127. The first-order valence-electron chi connectivity index (χ1n) is 12.3. The van der Waals surface area contributed by atoms with Gasteiger partial charge in [-0.3, -0.25) is 9.78 Å². The highest BCUT2D eigenvalue weighted by Gasteiger charge is 2.28. The minimum Gasteiger partial charge on any atom is -0.492 e. The van der Waals surface area contributed by atoms with Gasteiger partial charge in [0.2, 0.25) is 0 Å². The van der Waals surface area contributed by atoms with Crippen molar-refractivity contribution in [2.45, 2.75) is 46.7 Å². The molecule has 10 nitrogen and oxygen atoms in total. The lowest BCUT2D eigenvalue weighted by Crippen LogP contribution is -2.37. The van der Waals surface area contributed by atoms with Crippen molar-refractivity contribution in [2.75, 3.05) is 13.2 Å². The van der Waals surface area contributed by atoms with E-state index in [4.69, 9.17) is 10.5 Å². The van der Waals surface area contributed by atoms with E-state index in [1.165, 1.54) is 13.1 Å².